The molecule has 100 valence electrons. The first-order valence-corrected chi connectivity index (χ1v) is 6.60. The van der Waals surface area contributed by atoms with Gasteiger partial charge in [-0.05, 0) is 12.1 Å². The Kier molecular flexibility index (Phi) is 2.96. The molecule has 0 aliphatic carbocycles. The van der Waals surface area contributed by atoms with Gasteiger partial charge in [-0.1, -0.05) is 18.2 Å². The van der Waals surface area contributed by atoms with Gasteiger partial charge in [0.1, 0.15) is 0 Å². The van der Waals surface area contributed by atoms with Crippen molar-refractivity contribution in [3.63, 3.8) is 0 Å². The maximum atomic E-state index is 12.2. The summed E-state index contributed by atoms with van der Waals surface area (Å²) in [6, 6.07) is 8.68. The maximum absolute atomic E-state index is 12.2. The second-order valence-corrected chi connectivity index (χ2v) is 4.86. The molecule has 0 spiro atoms. The molecular weight excluding hydrogens is 278 g/mol. The summed E-state index contributed by atoms with van der Waals surface area (Å²) in [7, 11) is 0. The number of thiazole rings is 1. The van der Waals surface area contributed by atoms with E-state index in [9.17, 15) is 14.7 Å². The zero-order chi connectivity index (χ0) is 14.1. The Labute approximate surface area is 117 Å². The highest BCUT2D eigenvalue weighted by atomic mass is 32.1. The molecule has 7 heteroatoms. The molecule has 0 aliphatic rings. The molecule has 3 aromatic rings. The molecule has 1 amide bonds. The first-order valence-electron chi connectivity index (χ1n) is 5.72. The number of rotatable bonds is 2. The molecule has 1 aromatic carbocycles. The number of fused-ring (bicyclic) bond motifs is 1. The van der Waals surface area contributed by atoms with Crippen molar-refractivity contribution < 1.29 is 9.90 Å². The number of aromatic nitrogens is 2. The Balaban J connectivity index is 2.05. The molecule has 0 unspecified atom stereocenters. The third kappa shape index (κ3) is 2.04. The molecule has 0 fully saturated rings. The molecule has 2 aromatic heterocycles. The Morgan fingerprint density at radius 1 is 1.30 bits per heavy atom. The highest BCUT2D eigenvalue weighted by Gasteiger charge is 2.20. The number of carbonyl (C=O) groups is 1. The second kappa shape index (κ2) is 4.78. The van der Waals surface area contributed by atoms with Crippen molar-refractivity contribution in [2.45, 2.75) is 0 Å². The van der Waals surface area contributed by atoms with Crippen LogP contribution in [0.4, 0.5) is 5.69 Å². The molecule has 0 aliphatic heterocycles. The number of nitrogens with zero attached hydrogens (tertiary/aromatic N) is 2. The summed E-state index contributed by atoms with van der Waals surface area (Å²) in [4.78, 5) is 28.4. The van der Waals surface area contributed by atoms with Crippen molar-refractivity contribution in [1.82, 2.24) is 9.38 Å². The summed E-state index contributed by atoms with van der Waals surface area (Å²) in [5.41, 5.74) is -0.432. The zero-order valence-electron chi connectivity index (χ0n) is 10.1. The van der Waals surface area contributed by atoms with Gasteiger partial charge in [-0.15, -0.1) is 11.3 Å². The van der Waals surface area contributed by atoms with Gasteiger partial charge in [-0.2, -0.15) is 4.98 Å². The van der Waals surface area contributed by atoms with Crippen LogP contribution in [0, 0.1) is 0 Å². The van der Waals surface area contributed by atoms with Crippen molar-refractivity contribution in [3.8, 4) is 5.88 Å². The molecule has 0 radical (unpaired) electrons. The van der Waals surface area contributed by atoms with Gasteiger partial charge in [0.05, 0.1) is 0 Å². The molecule has 6 nitrogen and oxygen atoms in total. The Morgan fingerprint density at radius 3 is 2.80 bits per heavy atom. The van der Waals surface area contributed by atoms with E-state index in [-0.39, 0.29) is 5.56 Å². The SMILES string of the molecule is O=C(Nc1ccccc1)c1c(O)nc2sccn2c1=O. The Morgan fingerprint density at radius 2 is 2.05 bits per heavy atom. The summed E-state index contributed by atoms with van der Waals surface area (Å²) < 4.78 is 1.23. The number of benzene rings is 1. The van der Waals surface area contributed by atoms with E-state index in [1.165, 1.54) is 21.9 Å². The van der Waals surface area contributed by atoms with Crippen molar-refractivity contribution in [1.29, 1.82) is 0 Å². The van der Waals surface area contributed by atoms with Crippen LogP contribution < -0.4 is 10.9 Å². The molecule has 20 heavy (non-hydrogen) atoms. The lowest BCUT2D eigenvalue weighted by Gasteiger charge is -2.05. The van der Waals surface area contributed by atoms with E-state index >= 15 is 0 Å². The molecular formula is C13H9N3O3S. The predicted molar refractivity (Wildman–Crippen MR) is 75.4 cm³/mol. The third-order valence-electron chi connectivity index (χ3n) is 2.71. The number of anilines is 1. The van der Waals surface area contributed by atoms with E-state index in [1.807, 2.05) is 0 Å². The monoisotopic (exact) mass is 287 g/mol. The summed E-state index contributed by atoms with van der Waals surface area (Å²) in [5.74, 6) is -1.25. The van der Waals surface area contributed by atoms with Crippen LogP contribution in [0.15, 0.2) is 46.7 Å². The number of aromatic hydroxyl groups is 1. The smallest absolute Gasteiger partial charge is 0.275 e. The lowest BCUT2D eigenvalue weighted by Crippen LogP contribution is -2.26. The minimum absolute atomic E-state index is 0.337. The number of nitrogens with one attached hydrogen (secondary N) is 1. The minimum Gasteiger partial charge on any atom is -0.492 e. The van der Waals surface area contributed by atoms with Gasteiger partial charge in [0, 0.05) is 17.3 Å². The van der Waals surface area contributed by atoms with Crippen LogP contribution in [0.25, 0.3) is 4.96 Å². The van der Waals surface area contributed by atoms with E-state index in [2.05, 4.69) is 10.3 Å². The van der Waals surface area contributed by atoms with Crippen molar-refractivity contribution >= 4 is 27.9 Å². The largest absolute Gasteiger partial charge is 0.492 e. The van der Waals surface area contributed by atoms with Crippen LogP contribution in [0.2, 0.25) is 0 Å². The summed E-state index contributed by atoms with van der Waals surface area (Å²) in [5, 5.41) is 14.0. The molecule has 3 rings (SSSR count). The van der Waals surface area contributed by atoms with Crippen LogP contribution in [-0.2, 0) is 0 Å². The Hall–Kier alpha value is -2.67. The van der Waals surface area contributed by atoms with E-state index in [0.717, 1.165) is 0 Å². The zero-order valence-corrected chi connectivity index (χ0v) is 10.9. The van der Waals surface area contributed by atoms with Crippen LogP contribution in [-0.4, -0.2) is 20.4 Å². The summed E-state index contributed by atoms with van der Waals surface area (Å²) >= 11 is 1.20. The summed E-state index contributed by atoms with van der Waals surface area (Å²) in [6.07, 6.45) is 1.51. The average Bonchev–Trinajstić information content (AvgIpc) is 2.88. The van der Waals surface area contributed by atoms with Crippen LogP contribution in [0.3, 0.4) is 0 Å². The third-order valence-corrected chi connectivity index (χ3v) is 3.46. The fraction of sp³-hybridized carbons (Fsp3) is 0. The molecule has 0 saturated heterocycles. The molecule has 2 heterocycles. The highest BCUT2D eigenvalue weighted by molar-refractivity contribution is 7.15. The predicted octanol–water partition coefficient (Wildman–Crippen LogP) is 1.71. The van der Waals surface area contributed by atoms with Crippen molar-refractivity contribution in [2.75, 3.05) is 5.32 Å². The first kappa shape index (κ1) is 12.4. The number of para-hydroxylation sites is 1. The van der Waals surface area contributed by atoms with Gasteiger partial charge in [0.25, 0.3) is 11.5 Å². The van der Waals surface area contributed by atoms with Gasteiger partial charge in [-0.25, -0.2) is 0 Å². The fourth-order valence-corrected chi connectivity index (χ4v) is 2.48. The van der Waals surface area contributed by atoms with E-state index < -0.39 is 17.3 Å². The fourth-order valence-electron chi connectivity index (χ4n) is 1.78. The van der Waals surface area contributed by atoms with Gasteiger partial charge < -0.3 is 10.4 Å². The normalized spacial score (nSPS) is 10.6. The molecule has 0 atom stereocenters. The van der Waals surface area contributed by atoms with Gasteiger partial charge in [0.2, 0.25) is 5.88 Å². The summed E-state index contributed by atoms with van der Waals surface area (Å²) in [6.45, 7) is 0. The highest BCUT2D eigenvalue weighted by Crippen LogP contribution is 2.16. The average molecular weight is 287 g/mol. The maximum Gasteiger partial charge on any atom is 0.275 e. The molecule has 2 N–H and O–H groups in total. The van der Waals surface area contributed by atoms with Crippen LogP contribution >= 0.6 is 11.3 Å². The lowest BCUT2D eigenvalue weighted by molar-refractivity contribution is 0.102. The number of hydrogen-bond acceptors (Lipinski definition) is 5. The minimum atomic E-state index is -0.688. The number of amides is 1. The van der Waals surface area contributed by atoms with Crippen LogP contribution in [0.5, 0.6) is 5.88 Å². The van der Waals surface area contributed by atoms with Crippen molar-refractivity contribution in [3.05, 3.63) is 57.8 Å². The standard InChI is InChI=1S/C13H9N3O3S/c17-10(14-8-4-2-1-3-5-8)9-11(18)15-13-16(12(9)19)6-7-20-13/h1-7,18H,(H,14,17). The second-order valence-electron chi connectivity index (χ2n) is 3.99. The van der Waals surface area contributed by atoms with Crippen molar-refractivity contribution in [2.24, 2.45) is 0 Å². The molecule has 0 saturated carbocycles. The van der Waals surface area contributed by atoms with Gasteiger partial charge in [0.15, 0.2) is 10.5 Å². The van der Waals surface area contributed by atoms with E-state index in [0.29, 0.717) is 10.6 Å². The lowest BCUT2D eigenvalue weighted by atomic mass is 10.2. The number of hydrogen-bond donors (Lipinski definition) is 2. The number of carbonyl (C=O) groups excluding carboxylic acids is 1. The molecule has 0 bridgehead atoms. The first-order chi connectivity index (χ1) is 9.66. The van der Waals surface area contributed by atoms with Gasteiger partial charge >= 0.3 is 0 Å². The van der Waals surface area contributed by atoms with Gasteiger partial charge in [-0.3, -0.25) is 14.0 Å². The quantitative estimate of drug-likeness (QED) is 0.751. The topological polar surface area (TPSA) is 83.7 Å². The van der Waals surface area contributed by atoms with E-state index in [1.54, 1.807) is 35.7 Å². The van der Waals surface area contributed by atoms with Crippen LogP contribution in [0.1, 0.15) is 10.4 Å². The Bertz CT molecular complexity index is 839. The van der Waals surface area contributed by atoms with E-state index in [4.69, 9.17) is 0 Å².